The highest BCUT2D eigenvalue weighted by Gasteiger charge is 2.26. The number of aromatic nitrogens is 1. The van der Waals surface area contributed by atoms with E-state index in [4.69, 9.17) is 10.8 Å². The summed E-state index contributed by atoms with van der Waals surface area (Å²) in [6, 6.07) is 4.12. The minimum absolute atomic E-state index is 0.0186. The Balaban J connectivity index is 1.98. The highest BCUT2D eigenvalue weighted by molar-refractivity contribution is 5.93. The number of carboxylic acids is 2. The molecule has 2 aromatic rings. The van der Waals surface area contributed by atoms with Crippen molar-refractivity contribution in [3.8, 4) is 0 Å². The fourth-order valence-electron chi connectivity index (χ4n) is 3.67. The van der Waals surface area contributed by atoms with Crippen LogP contribution in [0.2, 0.25) is 0 Å². The van der Waals surface area contributed by atoms with Crippen LogP contribution in [-0.4, -0.2) is 69.5 Å². The van der Waals surface area contributed by atoms with Gasteiger partial charge in [0.05, 0.1) is 12.6 Å². The smallest absolute Gasteiger partial charge is 0.326 e. The molecule has 1 heterocycles. The molecule has 36 heavy (non-hydrogen) atoms. The van der Waals surface area contributed by atoms with Crippen molar-refractivity contribution in [1.29, 1.82) is 0 Å². The third-order valence-corrected chi connectivity index (χ3v) is 5.49. The number of carbonyl (C=O) groups excluding carboxylic acids is 3. The van der Waals surface area contributed by atoms with Crippen LogP contribution in [0, 0.1) is 5.92 Å². The highest BCUT2D eigenvalue weighted by Crippen LogP contribution is 2.18. The first-order valence-electron chi connectivity index (χ1n) is 11.6. The molecule has 0 radical (unpaired) electrons. The predicted octanol–water partition coefficient (Wildman–Crippen LogP) is 0.119. The number of carboxylic acid groups (broad SMARTS) is 2. The number of rotatable bonds is 14. The van der Waals surface area contributed by atoms with Crippen LogP contribution >= 0.6 is 0 Å². The summed E-state index contributed by atoms with van der Waals surface area (Å²) in [5.41, 5.74) is 7.75. The lowest BCUT2D eigenvalue weighted by molar-refractivity contribution is -0.142. The SMILES string of the molecule is CC(C)CC(NC(=O)CNC(=O)C(CCC(=O)O)NC(=O)C(N)Cc1c[nH]c2ccccc12)C(=O)O. The Morgan fingerprint density at radius 1 is 1.00 bits per heavy atom. The van der Waals surface area contributed by atoms with Gasteiger partial charge in [-0.25, -0.2) is 4.79 Å². The maximum Gasteiger partial charge on any atom is 0.326 e. The van der Waals surface area contributed by atoms with E-state index in [1.807, 2.05) is 38.1 Å². The standard InChI is InChI=1S/C24H33N5O7/c1-13(2)9-19(24(35)36)28-20(30)12-27-23(34)18(7-8-21(31)32)29-22(33)16(25)10-14-11-26-17-6-4-3-5-15(14)17/h3-6,11,13,16,18-19,26H,7-10,12,25H2,1-2H3,(H,27,34)(H,28,30)(H,29,33)(H,31,32)(H,35,36). The van der Waals surface area contributed by atoms with Gasteiger partial charge in [-0.15, -0.1) is 0 Å². The van der Waals surface area contributed by atoms with Gasteiger partial charge >= 0.3 is 11.9 Å². The number of nitrogens with two attached hydrogens (primary N) is 1. The second kappa shape index (κ2) is 13.2. The van der Waals surface area contributed by atoms with Crippen LogP contribution in [0.15, 0.2) is 30.5 Å². The van der Waals surface area contributed by atoms with E-state index in [1.54, 1.807) is 6.20 Å². The van der Waals surface area contributed by atoms with Crippen LogP contribution < -0.4 is 21.7 Å². The summed E-state index contributed by atoms with van der Waals surface area (Å²) < 4.78 is 0. The van der Waals surface area contributed by atoms with Crippen molar-refractivity contribution < 1.29 is 34.2 Å². The number of carbonyl (C=O) groups is 5. The minimum atomic E-state index is -1.25. The Morgan fingerprint density at radius 3 is 2.33 bits per heavy atom. The Kier molecular flexibility index (Phi) is 10.4. The number of hydrogen-bond donors (Lipinski definition) is 7. The van der Waals surface area contributed by atoms with E-state index in [9.17, 15) is 29.1 Å². The summed E-state index contributed by atoms with van der Waals surface area (Å²) in [7, 11) is 0. The summed E-state index contributed by atoms with van der Waals surface area (Å²) >= 11 is 0. The number of benzene rings is 1. The normalized spacial score (nSPS) is 13.6. The van der Waals surface area contributed by atoms with Gasteiger partial charge in [0, 0.05) is 23.5 Å². The fourth-order valence-corrected chi connectivity index (χ4v) is 3.67. The van der Waals surface area contributed by atoms with E-state index >= 15 is 0 Å². The Bertz CT molecular complexity index is 1100. The van der Waals surface area contributed by atoms with E-state index in [-0.39, 0.29) is 25.2 Å². The van der Waals surface area contributed by atoms with Gasteiger partial charge in [0.15, 0.2) is 0 Å². The summed E-state index contributed by atoms with van der Waals surface area (Å²) in [6.07, 6.45) is 1.50. The van der Waals surface area contributed by atoms with Crippen molar-refractivity contribution >= 4 is 40.6 Å². The van der Waals surface area contributed by atoms with Gasteiger partial charge in [-0.05, 0) is 36.8 Å². The lowest BCUT2D eigenvalue weighted by Gasteiger charge is -2.21. The molecule has 3 unspecified atom stereocenters. The van der Waals surface area contributed by atoms with Gasteiger partial charge in [-0.2, -0.15) is 0 Å². The van der Waals surface area contributed by atoms with Crippen molar-refractivity contribution in [3.05, 3.63) is 36.0 Å². The van der Waals surface area contributed by atoms with Gasteiger partial charge in [-0.1, -0.05) is 32.0 Å². The van der Waals surface area contributed by atoms with Gasteiger partial charge in [0.2, 0.25) is 17.7 Å². The van der Waals surface area contributed by atoms with Gasteiger partial charge in [-0.3, -0.25) is 19.2 Å². The summed E-state index contributed by atoms with van der Waals surface area (Å²) in [6.45, 7) is 3.08. The van der Waals surface area contributed by atoms with E-state index < -0.39 is 60.8 Å². The quantitative estimate of drug-likeness (QED) is 0.188. The third-order valence-electron chi connectivity index (χ3n) is 5.49. The van der Waals surface area contributed by atoms with Crippen molar-refractivity contribution in [2.75, 3.05) is 6.54 Å². The zero-order valence-electron chi connectivity index (χ0n) is 20.2. The fraction of sp³-hybridized carbons (Fsp3) is 0.458. The molecular formula is C24H33N5O7. The molecule has 0 aliphatic rings. The molecule has 0 bridgehead atoms. The summed E-state index contributed by atoms with van der Waals surface area (Å²) in [4.78, 5) is 62.9. The number of para-hydroxylation sites is 1. The molecule has 0 aliphatic carbocycles. The number of hydrogen-bond acceptors (Lipinski definition) is 6. The topological polar surface area (TPSA) is 204 Å². The molecule has 3 atom stereocenters. The molecule has 0 aliphatic heterocycles. The first-order chi connectivity index (χ1) is 17.0. The van der Waals surface area contributed by atoms with Gasteiger partial charge in [0.25, 0.3) is 0 Å². The highest BCUT2D eigenvalue weighted by atomic mass is 16.4. The van der Waals surface area contributed by atoms with Gasteiger partial charge < -0.3 is 36.9 Å². The molecule has 8 N–H and O–H groups in total. The lowest BCUT2D eigenvalue weighted by Crippen LogP contribution is -2.54. The molecule has 1 aromatic heterocycles. The zero-order chi connectivity index (χ0) is 26.8. The number of H-pyrrole nitrogens is 1. The van der Waals surface area contributed by atoms with E-state index in [0.717, 1.165) is 16.5 Å². The molecule has 0 spiro atoms. The maximum absolute atomic E-state index is 12.7. The van der Waals surface area contributed by atoms with E-state index in [1.165, 1.54) is 0 Å². The van der Waals surface area contributed by atoms with Crippen molar-refractivity contribution in [2.24, 2.45) is 11.7 Å². The van der Waals surface area contributed by atoms with Gasteiger partial charge in [0.1, 0.15) is 12.1 Å². The molecular weight excluding hydrogens is 470 g/mol. The molecule has 12 nitrogen and oxygen atoms in total. The van der Waals surface area contributed by atoms with E-state index in [0.29, 0.717) is 0 Å². The van der Waals surface area contributed by atoms with Crippen LogP contribution in [0.1, 0.15) is 38.7 Å². The lowest BCUT2D eigenvalue weighted by atomic mass is 10.0. The monoisotopic (exact) mass is 503 g/mol. The van der Waals surface area contributed by atoms with Crippen molar-refractivity contribution in [2.45, 2.75) is 57.7 Å². The average Bonchev–Trinajstić information content (AvgIpc) is 3.21. The molecule has 1 aromatic carbocycles. The molecule has 0 fully saturated rings. The number of aromatic amines is 1. The maximum atomic E-state index is 12.7. The molecule has 0 saturated heterocycles. The average molecular weight is 504 g/mol. The van der Waals surface area contributed by atoms with E-state index in [2.05, 4.69) is 20.9 Å². The molecule has 2 rings (SSSR count). The zero-order valence-corrected chi connectivity index (χ0v) is 20.2. The first kappa shape index (κ1) is 28.3. The van der Waals surface area contributed by atoms with Crippen molar-refractivity contribution in [3.63, 3.8) is 0 Å². The van der Waals surface area contributed by atoms with Crippen LogP contribution in [-0.2, 0) is 30.4 Å². The minimum Gasteiger partial charge on any atom is -0.481 e. The summed E-state index contributed by atoms with van der Waals surface area (Å²) in [5, 5.41) is 26.3. The Labute approximate surface area is 208 Å². The molecule has 3 amide bonds. The number of nitrogens with one attached hydrogen (secondary N) is 4. The molecule has 12 heteroatoms. The van der Waals surface area contributed by atoms with Crippen LogP contribution in [0.4, 0.5) is 0 Å². The molecule has 196 valence electrons. The first-order valence-corrected chi connectivity index (χ1v) is 11.6. The molecule has 0 saturated carbocycles. The second-order valence-electron chi connectivity index (χ2n) is 8.97. The Hall–Kier alpha value is -3.93. The number of amides is 3. The predicted molar refractivity (Wildman–Crippen MR) is 131 cm³/mol. The van der Waals surface area contributed by atoms with Crippen molar-refractivity contribution in [1.82, 2.24) is 20.9 Å². The summed E-state index contributed by atoms with van der Waals surface area (Å²) in [5.74, 6) is -4.51. The second-order valence-corrected chi connectivity index (χ2v) is 8.97. The number of fused-ring (bicyclic) bond motifs is 1. The van der Waals surface area contributed by atoms with Crippen LogP contribution in [0.3, 0.4) is 0 Å². The number of aliphatic carboxylic acids is 2. The van der Waals surface area contributed by atoms with Crippen LogP contribution in [0.25, 0.3) is 10.9 Å². The largest absolute Gasteiger partial charge is 0.481 e. The Morgan fingerprint density at radius 2 is 1.69 bits per heavy atom. The third kappa shape index (κ3) is 8.69. The van der Waals surface area contributed by atoms with Crippen LogP contribution in [0.5, 0.6) is 0 Å².